The number of nitrogens with one attached hydrogen (secondary N) is 1. The van der Waals surface area contributed by atoms with Gasteiger partial charge in [0.05, 0.1) is 12.0 Å². The number of hydrogen-bond donors (Lipinski definition) is 1. The van der Waals surface area contributed by atoms with Crippen molar-refractivity contribution in [1.29, 1.82) is 0 Å². The Labute approximate surface area is 104 Å². The number of methoxy groups -OCH3 is 1. The molecule has 1 aliphatic heterocycles. The van der Waals surface area contributed by atoms with Gasteiger partial charge in [-0.1, -0.05) is 13.3 Å². The molecule has 0 aromatic carbocycles. The molecule has 2 unspecified atom stereocenters. The molecule has 17 heavy (non-hydrogen) atoms. The highest BCUT2D eigenvalue weighted by atomic mass is 16.6. The van der Waals surface area contributed by atoms with Crippen LogP contribution >= 0.6 is 0 Å². The van der Waals surface area contributed by atoms with Gasteiger partial charge >= 0.3 is 5.97 Å². The third-order valence-corrected chi connectivity index (χ3v) is 3.34. The predicted octanol–water partition coefficient (Wildman–Crippen LogP) is 1.73. The number of ether oxygens (including phenoxy) is 2. The maximum atomic E-state index is 12.3. The van der Waals surface area contributed by atoms with Crippen LogP contribution in [0, 0.1) is 5.41 Å². The third-order valence-electron chi connectivity index (χ3n) is 3.34. The van der Waals surface area contributed by atoms with Crippen molar-refractivity contribution in [2.24, 2.45) is 5.41 Å². The normalized spacial score (nSPS) is 26.5. The molecule has 0 aromatic rings. The predicted molar refractivity (Wildman–Crippen MR) is 66.9 cm³/mol. The van der Waals surface area contributed by atoms with Gasteiger partial charge in [-0.25, -0.2) is 0 Å². The number of hydrogen-bond acceptors (Lipinski definition) is 4. The van der Waals surface area contributed by atoms with Crippen LogP contribution in [0.4, 0.5) is 0 Å². The van der Waals surface area contributed by atoms with E-state index in [1.165, 1.54) is 0 Å². The average molecular weight is 243 g/mol. The van der Waals surface area contributed by atoms with Crippen LogP contribution in [0.3, 0.4) is 0 Å². The lowest BCUT2D eigenvalue weighted by atomic mass is 9.77. The van der Waals surface area contributed by atoms with Crippen LogP contribution in [0.25, 0.3) is 0 Å². The van der Waals surface area contributed by atoms with Crippen molar-refractivity contribution in [1.82, 2.24) is 5.32 Å². The second kappa shape index (κ2) is 6.97. The fraction of sp³-hybridized carbons (Fsp3) is 0.923. The number of rotatable bonds is 6. The summed E-state index contributed by atoms with van der Waals surface area (Å²) in [5, 5.41) is 3.31. The zero-order valence-corrected chi connectivity index (χ0v) is 11.3. The molecule has 1 aliphatic rings. The molecule has 4 heteroatoms. The van der Waals surface area contributed by atoms with Crippen molar-refractivity contribution in [2.75, 3.05) is 26.8 Å². The highest BCUT2D eigenvalue weighted by Crippen LogP contribution is 2.33. The van der Waals surface area contributed by atoms with Crippen molar-refractivity contribution in [3.63, 3.8) is 0 Å². The van der Waals surface area contributed by atoms with Crippen LogP contribution in [-0.4, -0.2) is 38.9 Å². The van der Waals surface area contributed by atoms with Crippen LogP contribution in [0.1, 0.15) is 39.5 Å². The van der Waals surface area contributed by atoms with E-state index in [0.717, 1.165) is 38.8 Å². The number of carbonyl (C=O) groups excluding carboxylic acids is 1. The van der Waals surface area contributed by atoms with Gasteiger partial charge in [0, 0.05) is 13.7 Å². The van der Waals surface area contributed by atoms with Gasteiger partial charge < -0.3 is 14.8 Å². The van der Waals surface area contributed by atoms with E-state index in [9.17, 15) is 4.79 Å². The summed E-state index contributed by atoms with van der Waals surface area (Å²) >= 11 is 0. The Morgan fingerprint density at radius 1 is 1.53 bits per heavy atom. The highest BCUT2D eigenvalue weighted by Gasteiger charge is 2.40. The second-order valence-corrected chi connectivity index (χ2v) is 4.98. The average Bonchev–Trinajstić information content (AvgIpc) is 2.30. The minimum Gasteiger partial charge on any atom is -0.460 e. The summed E-state index contributed by atoms with van der Waals surface area (Å²) in [4.78, 5) is 12.3. The fourth-order valence-electron chi connectivity index (χ4n) is 2.51. The van der Waals surface area contributed by atoms with Crippen LogP contribution in [0.2, 0.25) is 0 Å². The van der Waals surface area contributed by atoms with Crippen LogP contribution in [0.15, 0.2) is 0 Å². The SMILES string of the molecule is CCCC1(C(=O)OC(C)COC)CCCNC1. The minimum absolute atomic E-state index is 0.0592. The zero-order chi connectivity index (χ0) is 12.7. The van der Waals surface area contributed by atoms with Crippen LogP contribution in [0.5, 0.6) is 0 Å². The quantitative estimate of drug-likeness (QED) is 0.722. The molecule has 2 atom stereocenters. The van der Waals surface area contributed by atoms with E-state index < -0.39 is 0 Å². The van der Waals surface area contributed by atoms with Gasteiger partial charge in [0.1, 0.15) is 6.10 Å². The monoisotopic (exact) mass is 243 g/mol. The smallest absolute Gasteiger partial charge is 0.313 e. The Morgan fingerprint density at radius 2 is 2.29 bits per heavy atom. The Hall–Kier alpha value is -0.610. The lowest BCUT2D eigenvalue weighted by Crippen LogP contribution is -2.47. The highest BCUT2D eigenvalue weighted by molar-refractivity contribution is 5.77. The van der Waals surface area contributed by atoms with Crippen molar-refractivity contribution < 1.29 is 14.3 Å². The molecule has 1 heterocycles. The Kier molecular flexibility index (Phi) is 5.92. The molecule has 0 saturated carbocycles. The van der Waals surface area contributed by atoms with E-state index in [-0.39, 0.29) is 17.5 Å². The molecule has 100 valence electrons. The summed E-state index contributed by atoms with van der Waals surface area (Å²) in [5.41, 5.74) is -0.311. The number of esters is 1. The van der Waals surface area contributed by atoms with Gasteiger partial charge in [0.2, 0.25) is 0 Å². The summed E-state index contributed by atoms with van der Waals surface area (Å²) in [7, 11) is 1.62. The molecule has 0 radical (unpaired) electrons. The molecule has 1 saturated heterocycles. The van der Waals surface area contributed by atoms with E-state index >= 15 is 0 Å². The van der Waals surface area contributed by atoms with E-state index in [1.54, 1.807) is 7.11 Å². The molecular formula is C13H25NO3. The maximum Gasteiger partial charge on any atom is 0.313 e. The van der Waals surface area contributed by atoms with E-state index in [0.29, 0.717) is 6.61 Å². The summed E-state index contributed by atoms with van der Waals surface area (Å²) < 4.78 is 10.5. The van der Waals surface area contributed by atoms with Gasteiger partial charge in [-0.15, -0.1) is 0 Å². The van der Waals surface area contributed by atoms with Gasteiger partial charge in [-0.05, 0) is 32.7 Å². The molecule has 0 aromatic heterocycles. The topological polar surface area (TPSA) is 47.6 Å². The first kappa shape index (κ1) is 14.5. The van der Waals surface area contributed by atoms with Gasteiger partial charge in [-0.2, -0.15) is 0 Å². The lowest BCUT2D eigenvalue weighted by Gasteiger charge is -2.36. The maximum absolute atomic E-state index is 12.3. The summed E-state index contributed by atoms with van der Waals surface area (Å²) in [6, 6.07) is 0. The Balaban J connectivity index is 2.59. The van der Waals surface area contributed by atoms with Gasteiger partial charge in [0.25, 0.3) is 0 Å². The molecule has 1 N–H and O–H groups in total. The standard InChI is InChI=1S/C13H25NO3/c1-4-6-13(7-5-8-14-10-13)12(15)17-11(2)9-16-3/h11,14H,4-10H2,1-3H3. The molecule has 1 rings (SSSR count). The van der Waals surface area contributed by atoms with Crippen molar-refractivity contribution in [3.8, 4) is 0 Å². The zero-order valence-electron chi connectivity index (χ0n) is 11.3. The van der Waals surface area contributed by atoms with Crippen molar-refractivity contribution in [3.05, 3.63) is 0 Å². The van der Waals surface area contributed by atoms with E-state index in [4.69, 9.17) is 9.47 Å². The Morgan fingerprint density at radius 3 is 2.82 bits per heavy atom. The number of piperidine rings is 1. The van der Waals surface area contributed by atoms with Gasteiger partial charge in [-0.3, -0.25) is 4.79 Å². The first-order valence-corrected chi connectivity index (χ1v) is 6.55. The molecular weight excluding hydrogens is 218 g/mol. The first-order valence-electron chi connectivity index (χ1n) is 6.55. The molecule has 4 nitrogen and oxygen atoms in total. The molecule has 0 bridgehead atoms. The van der Waals surface area contributed by atoms with Crippen LogP contribution in [-0.2, 0) is 14.3 Å². The molecule has 0 amide bonds. The molecule has 0 spiro atoms. The minimum atomic E-state index is -0.311. The third kappa shape index (κ3) is 3.96. The number of carbonyl (C=O) groups is 1. The summed E-state index contributed by atoms with van der Waals surface area (Å²) in [5.74, 6) is -0.0592. The second-order valence-electron chi connectivity index (χ2n) is 4.98. The lowest BCUT2D eigenvalue weighted by molar-refractivity contribution is -0.164. The largest absolute Gasteiger partial charge is 0.460 e. The summed E-state index contributed by atoms with van der Waals surface area (Å²) in [6.07, 6.45) is 3.73. The fourth-order valence-corrected chi connectivity index (χ4v) is 2.51. The van der Waals surface area contributed by atoms with E-state index in [2.05, 4.69) is 12.2 Å². The molecule has 0 aliphatic carbocycles. The first-order chi connectivity index (χ1) is 8.14. The van der Waals surface area contributed by atoms with E-state index in [1.807, 2.05) is 6.92 Å². The van der Waals surface area contributed by atoms with Crippen molar-refractivity contribution in [2.45, 2.75) is 45.6 Å². The van der Waals surface area contributed by atoms with Gasteiger partial charge in [0.15, 0.2) is 0 Å². The summed E-state index contributed by atoms with van der Waals surface area (Å²) in [6.45, 7) is 6.20. The molecule has 1 fully saturated rings. The van der Waals surface area contributed by atoms with Crippen molar-refractivity contribution >= 4 is 5.97 Å². The van der Waals surface area contributed by atoms with Crippen LogP contribution < -0.4 is 5.32 Å². The Bertz CT molecular complexity index is 231.